The van der Waals surface area contributed by atoms with Crippen molar-refractivity contribution in [2.45, 2.75) is 38.8 Å². The van der Waals surface area contributed by atoms with Crippen LogP contribution in [0.2, 0.25) is 5.02 Å². The molecule has 1 N–H and O–H groups in total. The number of ether oxygens (including phenoxy) is 3. The number of likely N-dealkylation sites (tertiary alicyclic amines) is 1. The Balaban J connectivity index is 1.65. The maximum absolute atomic E-state index is 13.6. The zero-order chi connectivity index (χ0) is 31.8. The minimum absolute atomic E-state index is 0.00279. The molecule has 0 aliphatic carbocycles. The predicted octanol–water partition coefficient (Wildman–Crippen LogP) is 7.17. The van der Waals surface area contributed by atoms with Crippen molar-refractivity contribution in [1.29, 1.82) is 0 Å². The Morgan fingerprint density at radius 2 is 1.95 bits per heavy atom. The van der Waals surface area contributed by atoms with Gasteiger partial charge in [-0.2, -0.15) is 0 Å². The van der Waals surface area contributed by atoms with Crippen LogP contribution in [0.5, 0.6) is 11.5 Å². The van der Waals surface area contributed by atoms with Crippen LogP contribution in [0, 0.1) is 0 Å². The lowest BCUT2D eigenvalue weighted by atomic mass is 9.89. The first kappa shape index (κ1) is 23.2. The number of furan rings is 1. The maximum atomic E-state index is 13.6. The van der Waals surface area contributed by atoms with Crippen molar-refractivity contribution in [3.8, 4) is 22.8 Å². The lowest BCUT2D eigenvalue weighted by molar-refractivity contribution is 0.0528. The van der Waals surface area contributed by atoms with E-state index >= 15 is 0 Å². The number of benzene rings is 3. The largest absolute Gasteiger partial charge is 0.508 e. The first-order chi connectivity index (χ1) is 20.9. The van der Waals surface area contributed by atoms with E-state index in [1.165, 1.54) is 12.1 Å². The predicted molar refractivity (Wildman–Crippen MR) is 155 cm³/mol. The van der Waals surface area contributed by atoms with Gasteiger partial charge in [-0.15, -0.1) is 0 Å². The van der Waals surface area contributed by atoms with Crippen molar-refractivity contribution in [1.82, 2.24) is 4.90 Å². The Kier molecular flexibility index (Phi) is 7.16. The number of methoxy groups -OCH3 is 2. The lowest BCUT2D eigenvalue weighted by Gasteiger charge is -2.32. The molecule has 1 saturated heterocycles. The number of esters is 1. The van der Waals surface area contributed by atoms with Gasteiger partial charge in [0.1, 0.15) is 28.4 Å². The molecule has 1 aromatic heterocycles. The Morgan fingerprint density at radius 3 is 2.65 bits per heavy atom. The zero-order valence-electron chi connectivity index (χ0n) is 26.6. The summed E-state index contributed by atoms with van der Waals surface area (Å²) in [4.78, 5) is 14.6. The van der Waals surface area contributed by atoms with Crippen molar-refractivity contribution >= 4 is 28.5 Å². The van der Waals surface area contributed by atoms with Crippen LogP contribution in [0.4, 0.5) is 0 Å². The Labute approximate surface area is 244 Å². The molecule has 0 saturated carbocycles. The number of nitrogens with zero attached hydrogens (tertiary/aromatic N) is 1. The molecule has 210 valence electrons. The highest BCUT2D eigenvalue weighted by Crippen LogP contribution is 2.42. The standard InChI is InChI=1S/C32H34ClNO6/c1-4-39-32(36)30-29-26(18-34-14-12-20(13-15-34)21-6-5-7-23(33)16-21)27(35)10-11-28(29)40-31(30)25-9-8-24(38-3)17-22(25)19-37-2/h5-11,16-17,20,35H,4,12-15,18-19H2,1-3H3/i14D2,15D2. The number of hydrogen-bond acceptors (Lipinski definition) is 7. The monoisotopic (exact) mass is 567 g/mol. The fourth-order valence-corrected chi connectivity index (χ4v) is 5.22. The molecular weight excluding hydrogens is 530 g/mol. The van der Waals surface area contributed by atoms with Crippen molar-refractivity contribution < 1.29 is 34.0 Å². The minimum atomic E-state index is -2.12. The second-order valence-corrected chi connectivity index (χ2v) is 9.92. The summed E-state index contributed by atoms with van der Waals surface area (Å²) in [5, 5.41) is 11.9. The Hall–Kier alpha value is -3.52. The third-order valence-corrected chi connectivity index (χ3v) is 7.20. The normalized spacial score (nSPS) is 18.5. The summed E-state index contributed by atoms with van der Waals surface area (Å²) in [5.74, 6) is -0.586. The van der Waals surface area contributed by atoms with E-state index in [1.807, 2.05) is 6.07 Å². The highest BCUT2D eigenvalue weighted by molar-refractivity contribution is 6.30. The van der Waals surface area contributed by atoms with Crippen molar-refractivity contribution in [2.75, 3.05) is 33.8 Å². The molecule has 0 spiro atoms. The fourth-order valence-electron chi connectivity index (χ4n) is 5.03. The molecule has 1 aliphatic heterocycles. The molecule has 0 unspecified atom stereocenters. The zero-order valence-corrected chi connectivity index (χ0v) is 23.4. The highest BCUT2D eigenvalue weighted by atomic mass is 35.5. The summed E-state index contributed by atoms with van der Waals surface area (Å²) in [6, 6.07) is 15.2. The molecular formula is C32H34ClNO6. The number of phenols is 1. The summed E-state index contributed by atoms with van der Waals surface area (Å²) in [6.07, 6.45) is -0.00558. The fraction of sp³-hybridized carbons (Fsp3) is 0.344. The molecule has 2 heterocycles. The number of phenolic OH excluding ortho intramolecular Hbond substituents is 1. The van der Waals surface area contributed by atoms with Gasteiger partial charge in [-0.1, -0.05) is 23.7 Å². The first-order valence-electron chi connectivity index (χ1n) is 15.0. The van der Waals surface area contributed by atoms with Crippen molar-refractivity contribution in [3.63, 3.8) is 0 Å². The van der Waals surface area contributed by atoms with Crippen LogP contribution >= 0.6 is 11.6 Å². The molecule has 1 fully saturated rings. The number of rotatable bonds is 9. The Morgan fingerprint density at radius 1 is 1.15 bits per heavy atom. The SMILES string of the molecule is [2H]C1([2H])CC(c2cccc(Cl)c2)CC([2H])([2H])N1Cc1c(O)ccc2oc(-c3ccc(OC)cc3COC)c(C(=O)OCC)c12. The van der Waals surface area contributed by atoms with Gasteiger partial charge < -0.3 is 23.7 Å². The van der Waals surface area contributed by atoms with Crippen molar-refractivity contribution in [3.05, 3.63) is 81.9 Å². The summed E-state index contributed by atoms with van der Waals surface area (Å²) in [7, 11) is 3.09. The third-order valence-electron chi connectivity index (χ3n) is 6.97. The van der Waals surface area contributed by atoms with E-state index in [9.17, 15) is 9.90 Å². The number of halogens is 1. The molecule has 4 aromatic rings. The van der Waals surface area contributed by atoms with Gasteiger partial charge in [0.2, 0.25) is 0 Å². The topological polar surface area (TPSA) is 81.4 Å². The molecule has 1 aliphatic rings. The van der Waals surface area contributed by atoms with E-state index in [0.29, 0.717) is 21.9 Å². The van der Waals surface area contributed by atoms with Gasteiger partial charge in [-0.05, 0) is 92.3 Å². The average Bonchev–Trinajstić information content (AvgIpc) is 3.35. The lowest BCUT2D eigenvalue weighted by Crippen LogP contribution is -2.32. The number of carbonyl (C=O) groups is 1. The molecule has 5 rings (SSSR count). The summed E-state index contributed by atoms with van der Waals surface area (Å²) in [5.41, 5.74) is 2.43. The van der Waals surface area contributed by atoms with Gasteiger partial charge >= 0.3 is 5.97 Å². The van der Waals surface area contributed by atoms with Crippen LogP contribution in [0.25, 0.3) is 22.3 Å². The molecule has 0 atom stereocenters. The van der Waals surface area contributed by atoms with Crippen LogP contribution in [0.1, 0.15) is 58.2 Å². The summed E-state index contributed by atoms with van der Waals surface area (Å²) < 4.78 is 58.3. The van der Waals surface area contributed by atoms with Crippen LogP contribution in [-0.2, 0) is 22.6 Å². The quantitative estimate of drug-likeness (QED) is 0.215. The summed E-state index contributed by atoms with van der Waals surface area (Å²) >= 11 is 6.18. The number of piperidine rings is 1. The van der Waals surface area contributed by atoms with E-state index in [2.05, 4.69) is 0 Å². The van der Waals surface area contributed by atoms with E-state index in [0.717, 1.165) is 10.5 Å². The number of carbonyl (C=O) groups excluding carboxylic acids is 1. The van der Waals surface area contributed by atoms with E-state index in [1.54, 1.807) is 57.5 Å². The molecule has 40 heavy (non-hydrogen) atoms. The highest BCUT2D eigenvalue weighted by Gasteiger charge is 2.30. The minimum Gasteiger partial charge on any atom is -0.508 e. The van der Waals surface area contributed by atoms with Crippen LogP contribution in [0.15, 0.2) is 59.0 Å². The van der Waals surface area contributed by atoms with Crippen molar-refractivity contribution in [2.24, 2.45) is 0 Å². The maximum Gasteiger partial charge on any atom is 0.342 e. The smallest absolute Gasteiger partial charge is 0.342 e. The molecule has 8 heteroatoms. The molecule has 7 nitrogen and oxygen atoms in total. The molecule has 0 amide bonds. The molecule has 0 radical (unpaired) electrons. The molecule has 3 aromatic carbocycles. The van der Waals surface area contributed by atoms with Crippen LogP contribution in [0.3, 0.4) is 0 Å². The van der Waals surface area contributed by atoms with Gasteiger partial charge in [0.05, 0.1) is 20.3 Å². The van der Waals surface area contributed by atoms with Crippen LogP contribution < -0.4 is 4.74 Å². The van der Waals surface area contributed by atoms with Gasteiger partial charge in [-0.3, -0.25) is 4.90 Å². The van der Waals surface area contributed by atoms with Gasteiger partial charge in [-0.25, -0.2) is 4.79 Å². The Bertz CT molecular complexity index is 1670. The second-order valence-electron chi connectivity index (χ2n) is 9.48. The van der Waals surface area contributed by atoms with Crippen LogP contribution in [-0.4, -0.2) is 49.8 Å². The van der Waals surface area contributed by atoms with E-state index in [4.69, 9.17) is 35.7 Å². The first-order valence-corrected chi connectivity index (χ1v) is 13.4. The van der Waals surface area contributed by atoms with Gasteiger partial charge in [0, 0.05) is 40.7 Å². The number of aromatic hydroxyl groups is 1. The van der Waals surface area contributed by atoms with E-state index in [-0.39, 0.29) is 66.2 Å². The third kappa shape index (κ3) is 5.68. The summed E-state index contributed by atoms with van der Waals surface area (Å²) in [6.45, 7) is -2.65. The second kappa shape index (κ2) is 12.3. The number of hydrogen-bond donors (Lipinski definition) is 1. The van der Waals surface area contributed by atoms with Gasteiger partial charge in [0.25, 0.3) is 0 Å². The van der Waals surface area contributed by atoms with E-state index < -0.39 is 24.9 Å². The average molecular weight is 568 g/mol. The number of fused-ring (bicyclic) bond motifs is 1. The molecule has 0 bridgehead atoms. The van der Waals surface area contributed by atoms with Gasteiger partial charge in [0.15, 0.2) is 0 Å².